The van der Waals surface area contributed by atoms with E-state index in [1.54, 1.807) is 24.3 Å². The van der Waals surface area contributed by atoms with Crippen LogP contribution in [0.5, 0.6) is 5.75 Å². The van der Waals surface area contributed by atoms with Crippen molar-refractivity contribution in [2.75, 3.05) is 6.61 Å². The van der Waals surface area contributed by atoms with Crippen molar-refractivity contribution < 1.29 is 17.9 Å². The molecule has 6 nitrogen and oxygen atoms in total. The second-order valence-electron chi connectivity index (χ2n) is 5.17. The Bertz CT molecular complexity index is 836. The minimum Gasteiger partial charge on any atom is -0.484 e. The summed E-state index contributed by atoms with van der Waals surface area (Å²) in [6.07, 6.45) is 0. The van der Waals surface area contributed by atoms with Crippen LogP contribution >= 0.6 is 15.9 Å². The van der Waals surface area contributed by atoms with Crippen LogP contribution in [0.1, 0.15) is 11.1 Å². The van der Waals surface area contributed by atoms with E-state index >= 15 is 0 Å². The van der Waals surface area contributed by atoms with Gasteiger partial charge in [0.1, 0.15) is 5.75 Å². The van der Waals surface area contributed by atoms with E-state index in [0.29, 0.717) is 5.75 Å². The highest BCUT2D eigenvalue weighted by atomic mass is 79.9. The smallest absolute Gasteiger partial charge is 0.272 e. The van der Waals surface area contributed by atoms with Crippen LogP contribution < -0.4 is 15.0 Å². The Labute approximate surface area is 149 Å². The lowest BCUT2D eigenvalue weighted by molar-refractivity contribution is -0.123. The van der Waals surface area contributed by atoms with Crippen molar-refractivity contribution in [1.82, 2.24) is 10.3 Å². The van der Waals surface area contributed by atoms with Crippen molar-refractivity contribution in [3.05, 3.63) is 58.1 Å². The molecule has 0 bridgehead atoms. The lowest BCUT2D eigenvalue weighted by Crippen LogP contribution is -2.43. The first-order valence-electron chi connectivity index (χ1n) is 7.04. The Hall–Kier alpha value is -1.90. The molecule has 0 spiro atoms. The second-order valence-corrected chi connectivity index (χ2v) is 7.70. The summed E-state index contributed by atoms with van der Waals surface area (Å²) >= 11 is 3.37. The number of rotatable bonds is 6. The number of benzene rings is 2. The van der Waals surface area contributed by atoms with E-state index < -0.39 is 15.9 Å². The van der Waals surface area contributed by atoms with Crippen LogP contribution in [0, 0.1) is 13.8 Å². The molecule has 0 aliphatic carbocycles. The minimum absolute atomic E-state index is 0.0675. The van der Waals surface area contributed by atoms with Gasteiger partial charge >= 0.3 is 0 Å². The van der Waals surface area contributed by atoms with Crippen LogP contribution in [-0.4, -0.2) is 20.9 Å². The predicted octanol–water partition coefficient (Wildman–Crippen LogP) is 2.45. The topological polar surface area (TPSA) is 84.5 Å². The third-order valence-electron chi connectivity index (χ3n) is 3.16. The zero-order chi connectivity index (χ0) is 17.7. The Morgan fingerprint density at radius 2 is 1.79 bits per heavy atom. The number of aryl methyl sites for hydroxylation is 2. The number of halogens is 1. The molecule has 0 aromatic heterocycles. The Morgan fingerprint density at radius 1 is 1.12 bits per heavy atom. The van der Waals surface area contributed by atoms with Gasteiger partial charge in [0.25, 0.3) is 15.9 Å². The normalized spacial score (nSPS) is 11.1. The van der Waals surface area contributed by atoms with E-state index in [9.17, 15) is 13.2 Å². The summed E-state index contributed by atoms with van der Waals surface area (Å²) in [7, 11) is -3.81. The number of sulfonamides is 1. The average molecular weight is 413 g/mol. The van der Waals surface area contributed by atoms with Crippen LogP contribution in [0.15, 0.2) is 51.8 Å². The summed E-state index contributed by atoms with van der Waals surface area (Å²) in [5, 5.41) is 0. The van der Waals surface area contributed by atoms with Gasteiger partial charge in [-0.1, -0.05) is 33.6 Å². The fraction of sp³-hybridized carbons (Fsp3) is 0.188. The van der Waals surface area contributed by atoms with Gasteiger partial charge < -0.3 is 4.74 Å². The van der Waals surface area contributed by atoms with Crippen LogP contribution in [0.3, 0.4) is 0 Å². The van der Waals surface area contributed by atoms with Gasteiger partial charge in [0.15, 0.2) is 6.61 Å². The van der Waals surface area contributed by atoms with E-state index in [4.69, 9.17) is 4.74 Å². The summed E-state index contributed by atoms with van der Waals surface area (Å²) in [6, 6.07) is 11.6. The SMILES string of the molecule is Cc1ccc(S(=O)(=O)NNC(=O)COc2ccc(Br)c(C)c2)cc1. The van der Waals surface area contributed by atoms with Gasteiger partial charge in [0.2, 0.25) is 0 Å². The summed E-state index contributed by atoms with van der Waals surface area (Å²) in [5.41, 5.74) is 4.03. The average Bonchev–Trinajstić information content (AvgIpc) is 2.54. The molecule has 2 aromatic carbocycles. The summed E-state index contributed by atoms with van der Waals surface area (Å²) in [4.78, 5) is 13.8. The number of nitrogens with one attached hydrogen (secondary N) is 2. The maximum absolute atomic E-state index is 12.0. The van der Waals surface area contributed by atoms with Crippen molar-refractivity contribution >= 4 is 31.9 Å². The standard InChI is InChI=1S/C16H17BrN2O4S/c1-11-3-6-14(7-4-11)24(21,22)19-18-16(20)10-23-13-5-8-15(17)12(2)9-13/h3-9,19H,10H2,1-2H3,(H,18,20). The zero-order valence-corrected chi connectivity index (χ0v) is 15.6. The Balaban J connectivity index is 1.88. The number of hydrazine groups is 1. The van der Waals surface area contributed by atoms with Gasteiger partial charge in [-0.05, 0) is 49.7 Å². The number of carbonyl (C=O) groups excluding carboxylic acids is 1. The monoisotopic (exact) mass is 412 g/mol. The largest absolute Gasteiger partial charge is 0.484 e. The third kappa shape index (κ3) is 5.05. The van der Waals surface area contributed by atoms with E-state index in [1.165, 1.54) is 12.1 Å². The van der Waals surface area contributed by atoms with Crippen LogP contribution in [0.25, 0.3) is 0 Å². The Morgan fingerprint density at radius 3 is 2.42 bits per heavy atom. The van der Waals surface area contributed by atoms with Crippen molar-refractivity contribution in [2.45, 2.75) is 18.7 Å². The molecule has 0 atom stereocenters. The molecule has 8 heteroatoms. The molecule has 0 radical (unpaired) electrons. The van der Waals surface area contributed by atoms with Gasteiger partial charge in [-0.25, -0.2) is 8.42 Å². The van der Waals surface area contributed by atoms with Gasteiger partial charge in [-0.3, -0.25) is 10.2 Å². The molecule has 24 heavy (non-hydrogen) atoms. The number of hydrogen-bond acceptors (Lipinski definition) is 4. The quantitative estimate of drug-likeness (QED) is 0.713. The number of amides is 1. The molecule has 0 saturated carbocycles. The second kappa shape index (κ2) is 7.78. The molecule has 0 unspecified atom stereocenters. The first-order chi connectivity index (χ1) is 11.3. The molecular formula is C16H17BrN2O4S. The predicted molar refractivity (Wildman–Crippen MR) is 94.0 cm³/mol. The highest BCUT2D eigenvalue weighted by Gasteiger charge is 2.15. The molecule has 0 heterocycles. The number of hydrogen-bond donors (Lipinski definition) is 2. The van der Waals surface area contributed by atoms with Gasteiger partial charge in [0, 0.05) is 4.47 Å². The Kier molecular flexibility index (Phi) is 5.98. The van der Waals surface area contributed by atoms with Gasteiger partial charge in [-0.15, -0.1) is 4.83 Å². The van der Waals surface area contributed by atoms with Crippen molar-refractivity contribution in [1.29, 1.82) is 0 Å². The molecule has 0 saturated heterocycles. The molecule has 0 aliphatic rings. The van der Waals surface area contributed by atoms with Crippen LogP contribution in [0.4, 0.5) is 0 Å². The van der Waals surface area contributed by atoms with Crippen molar-refractivity contribution in [3.63, 3.8) is 0 Å². The first kappa shape index (κ1) is 18.4. The fourth-order valence-corrected chi connectivity index (χ4v) is 2.90. The summed E-state index contributed by atoms with van der Waals surface area (Å²) < 4.78 is 30.3. The minimum atomic E-state index is -3.81. The van der Waals surface area contributed by atoms with E-state index in [2.05, 4.69) is 21.4 Å². The molecule has 2 N–H and O–H groups in total. The van der Waals surface area contributed by atoms with E-state index in [0.717, 1.165) is 15.6 Å². The van der Waals surface area contributed by atoms with Gasteiger partial charge in [-0.2, -0.15) is 0 Å². The molecule has 128 valence electrons. The fourth-order valence-electron chi connectivity index (χ4n) is 1.79. The first-order valence-corrected chi connectivity index (χ1v) is 9.32. The highest BCUT2D eigenvalue weighted by Crippen LogP contribution is 2.21. The third-order valence-corrected chi connectivity index (χ3v) is 5.31. The lowest BCUT2D eigenvalue weighted by atomic mass is 10.2. The van der Waals surface area contributed by atoms with Crippen LogP contribution in [-0.2, 0) is 14.8 Å². The zero-order valence-electron chi connectivity index (χ0n) is 13.2. The van der Waals surface area contributed by atoms with Crippen LogP contribution in [0.2, 0.25) is 0 Å². The van der Waals surface area contributed by atoms with Crippen molar-refractivity contribution in [2.24, 2.45) is 0 Å². The molecule has 0 fully saturated rings. The molecule has 1 amide bonds. The van der Waals surface area contributed by atoms with Gasteiger partial charge in [0.05, 0.1) is 4.90 Å². The maximum Gasteiger partial charge on any atom is 0.272 e. The molecule has 0 aliphatic heterocycles. The number of ether oxygens (including phenoxy) is 1. The van der Waals surface area contributed by atoms with E-state index in [1.807, 2.05) is 24.7 Å². The maximum atomic E-state index is 12.0. The molecular weight excluding hydrogens is 396 g/mol. The summed E-state index contributed by atoms with van der Waals surface area (Å²) in [5.74, 6) is -0.0847. The van der Waals surface area contributed by atoms with Crippen molar-refractivity contribution in [3.8, 4) is 5.75 Å². The summed E-state index contributed by atoms with van der Waals surface area (Å²) in [6.45, 7) is 3.44. The molecule has 2 rings (SSSR count). The highest BCUT2D eigenvalue weighted by molar-refractivity contribution is 9.10. The lowest BCUT2D eigenvalue weighted by Gasteiger charge is -2.10. The number of carbonyl (C=O) groups is 1. The molecule has 2 aromatic rings. The van der Waals surface area contributed by atoms with E-state index in [-0.39, 0.29) is 11.5 Å².